The smallest absolute Gasteiger partial charge is 0.412 e. The van der Waals surface area contributed by atoms with Gasteiger partial charge in [0.2, 0.25) is 5.91 Å². The van der Waals surface area contributed by atoms with E-state index < -0.39 is 38.2 Å². The first-order chi connectivity index (χ1) is 28.3. The molecule has 14 nitrogen and oxygen atoms in total. The molecule has 0 unspecified atom stereocenters. The molecule has 3 amide bonds. The molecule has 1 aromatic heterocycles. The van der Waals surface area contributed by atoms with Gasteiger partial charge in [-0.2, -0.15) is 0 Å². The van der Waals surface area contributed by atoms with E-state index in [1.54, 1.807) is 36.1 Å². The molecule has 15 heteroatoms. The van der Waals surface area contributed by atoms with Crippen molar-refractivity contribution in [2.45, 2.75) is 130 Å². The topological polar surface area (TPSA) is 183 Å². The predicted molar refractivity (Wildman–Crippen MR) is 231 cm³/mol. The zero-order valence-electron chi connectivity index (χ0n) is 37.1. The highest BCUT2D eigenvalue weighted by Crippen LogP contribution is 2.55. The maximum absolute atomic E-state index is 14.3. The highest BCUT2D eigenvalue weighted by Gasteiger charge is 2.53. The number of likely N-dealkylation sites (tertiary alicyclic amines) is 1. The number of methoxy groups -OCH3 is 1. The van der Waals surface area contributed by atoms with Crippen LogP contribution in [-0.4, -0.2) is 91.9 Å². The van der Waals surface area contributed by atoms with Crippen molar-refractivity contribution < 1.29 is 47.7 Å². The number of aliphatic hydroxyl groups is 1. The molecule has 1 aliphatic carbocycles. The molecule has 0 bridgehead atoms. The third-order valence-electron chi connectivity index (χ3n) is 12.2. The normalized spacial score (nSPS) is 16.8. The van der Waals surface area contributed by atoms with Crippen molar-refractivity contribution in [2.24, 2.45) is 17.3 Å². The number of ketones is 1. The molecule has 1 saturated heterocycles. The van der Waals surface area contributed by atoms with Crippen molar-refractivity contribution >= 4 is 43.7 Å². The van der Waals surface area contributed by atoms with Gasteiger partial charge < -0.3 is 34.0 Å². The number of benzene rings is 1. The fourth-order valence-electron chi connectivity index (χ4n) is 8.59. The van der Waals surface area contributed by atoms with E-state index in [4.69, 9.17) is 18.6 Å². The Kier molecular flexibility index (Phi) is 16.5. The summed E-state index contributed by atoms with van der Waals surface area (Å²) in [5.41, 5.74) is 2.16. The number of hydrogen-bond acceptors (Lipinski definition) is 11. The monoisotopic (exact) mass is 850 g/mol. The minimum Gasteiger partial charge on any atom is -0.540 e. The molecule has 330 valence electrons. The molecule has 1 aliphatic heterocycles. The summed E-state index contributed by atoms with van der Waals surface area (Å²) in [5.74, 6) is -1.53. The van der Waals surface area contributed by atoms with Gasteiger partial charge in [-0.1, -0.05) is 74.1 Å². The molecule has 1 aromatic carbocycles. The Morgan fingerprint density at radius 3 is 2.18 bits per heavy atom. The van der Waals surface area contributed by atoms with Gasteiger partial charge in [-0.25, -0.2) is 4.79 Å². The van der Waals surface area contributed by atoms with Crippen molar-refractivity contribution in [2.75, 3.05) is 32.2 Å². The second kappa shape index (κ2) is 20.7. The first kappa shape index (κ1) is 47.9. The summed E-state index contributed by atoms with van der Waals surface area (Å²) in [6, 6.07) is 5.44. The SMILES string of the molecule is C=CCOC(=O)C[C@H](C(=O)N[C@@H](C)C(=O)Cc1ccc(COC(=O)Nc2cc(O[Si](C(C)C)(C(C)C)C(C)C)c(OC)cc2C(=O)N2CC3(CC3)C[C@H]2CO)nc1)C(C)C. The van der Waals surface area contributed by atoms with Crippen LogP contribution < -0.4 is 19.8 Å². The molecular formula is C45H66N4O10Si. The number of amides is 3. The minimum absolute atomic E-state index is 0.00762. The summed E-state index contributed by atoms with van der Waals surface area (Å²) < 4.78 is 23.5. The predicted octanol–water partition coefficient (Wildman–Crippen LogP) is 7.39. The third-order valence-corrected chi connectivity index (χ3v) is 18.1. The Bertz CT molecular complexity index is 1840. The number of nitrogens with zero attached hydrogens (tertiary/aromatic N) is 2. The van der Waals surface area contributed by atoms with Crippen LogP contribution >= 0.6 is 0 Å². The fourth-order valence-corrected chi connectivity index (χ4v) is 13.8. The molecule has 2 aliphatic rings. The first-order valence-corrected chi connectivity index (χ1v) is 23.2. The Morgan fingerprint density at radius 2 is 1.65 bits per heavy atom. The number of hydrogen-bond donors (Lipinski definition) is 3. The van der Waals surface area contributed by atoms with Crippen molar-refractivity contribution in [1.29, 1.82) is 0 Å². The number of rotatable bonds is 21. The highest BCUT2D eigenvalue weighted by molar-refractivity contribution is 6.78. The maximum atomic E-state index is 14.3. The summed E-state index contributed by atoms with van der Waals surface area (Å²) in [5, 5.41) is 15.8. The van der Waals surface area contributed by atoms with E-state index >= 15 is 0 Å². The van der Waals surface area contributed by atoms with Crippen LogP contribution in [0.2, 0.25) is 16.6 Å². The molecular weight excluding hydrogens is 785 g/mol. The van der Waals surface area contributed by atoms with Crippen LogP contribution in [-0.2, 0) is 36.9 Å². The molecule has 60 heavy (non-hydrogen) atoms. The Hall–Kier alpha value is -4.76. The summed E-state index contributed by atoms with van der Waals surface area (Å²) in [6.45, 7) is 22.0. The van der Waals surface area contributed by atoms with Gasteiger partial charge in [-0.3, -0.25) is 29.5 Å². The third kappa shape index (κ3) is 11.5. The van der Waals surface area contributed by atoms with Crippen LogP contribution in [0.4, 0.5) is 10.5 Å². The van der Waals surface area contributed by atoms with Gasteiger partial charge >= 0.3 is 12.1 Å². The van der Waals surface area contributed by atoms with Gasteiger partial charge in [0, 0.05) is 25.2 Å². The molecule has 2 aromatic rings. The van der Waals surface area contributed by atoms with Crippen LogP contribution in [0.15, 0.2) is 43.1 Å². The van der Waals surface area contributed by atoms with Crippen LogP contribution in [0.5, 0.6) is 11.5 Å². The number of Topliss-reactive ketones (excluding diaryl/α,β-unsaturated/α-hetero) is 1. The number of nitrogens with one attached hydrogen (secondary N) is 2. The van der Waals surface area contributed by atoms with Crippen LogP contribution in [0, 0.1) is 17.3 Å². The molecule has 3 atom stereocenters. The fraction of sp³-hybridized carbons (Fsp3) is 0.600. The van der Waals surface area contributed by atoms with E-state index in [2.05, 4.69) is 63.7 Å². The van der Waals surface area contributed by atoms with E-state index in [1.807, 2.05) is 13.8 Å². The molecule has 4 rings (SSSR count). The van der Waals surface area contributed by atoms with Crippen molar-refractivity contribution in [3.05, 3.63) is 59.9 Å². The number of carbonyl (C=O) groups excluding carboxylic acids is 5. The first-order valence-electron chi connectivity index (χ1n) is 21.1. The molecule has 3 N–H and O–H groups in total. The lowest BCUT2D eigenvalue weighted by atomic mass is 9.91. The average molecular weight is 851 g/mol. The van der Waals surface area contributed by atoms with E-state index in [-0.39, 0.29) is 89.6 Å². The summed E-state index contributed by atoms with van der Waals surface area (Å²) in [7, 11) is -0.977. The molecule has 0 radical (unpaired) electrons. The van der Waals surface area contributed by atoms with Crippen LogP contribution in [0.1, 0.15) is 110 Å². The van der Waals surface area contributed by atoms with Crippen LogP contribution in [0.25, 0.3) is 0 Å². The molecule has 1 saturated carbocycles. The Labute approximate surface area is 356 Å². The lowest BCUT2D eigenvalue weighted by Crippen LogP contribution is -2.50. The van der Waals surface area contributed by atoms with Crippen molar-refractivity contribution in [1.82, 2.24) is 15.2 Å². The lowest BCUT2D eigenvalue weighted by Gasteiger charge is -2.42. The zero-order valence-corrected chi connectivity index (χ0v) is 38.1. The van der Waals surface area contributed by atoms with E-state index in [0.29, 0.717) is 29.3 Å². The number of aliphatic hydroxyl groups excluding tert-OH is 1. The number of carbonyl (C=O) groups is 5. The summed E-state index contributed by atoms with van der Waals surface area (Å²) >= 11 is 0. The summed E-state index contributed by atoms with van der Waals surface area (Å²) in [4.78, 5) is 72.1. The second-order valence-corrected chi connectivity index (χ2v) is 23.1. The van der Waals surface area contributed by atoms with E-state index in [1.165, 1.54) is 19.4 Å². The number of aromatic nitrogens is 1. The molecule has 2 heterocycles. The Balaban J connectivity index is 1.47. The summed E-state index contributed by atoms with van der Waals surface area (Å²) in [6.07, 6.45) is 4.76. The largest absolute Gasteiger partial charge is 0.540 e. The Morgan fingerprint density at radius 1 is 0.983 bits per heavy atom. The number of esters is 1. The van der Waals surface area contributed by atoms with Gasteiger partial charge in [0.1, 0.15) is 19.0 Å². The van der Waals surface area contributed by atoms with Gasteiger partial charge in [0.15, 0.2) is 11.5 Å². The van der Waals surface area contributed by atoms with Gasteiger partial charge in [0.25, 0.3) is 14.2 Å². The number of ether oxygens (including phenoxy) is 3. The minimum atomic E-state index is -2.50. The van der Waals surface area contributed by atoms with Gasteiger partial charge in [-0.15, -0.1) is 0 Å². The lowest BCUT2D eigenvalue weighted by molar-refractivity contribution is -0.146. The zero-order chi connectivity index (χ0) is 44.5. The number of pyridine rings is 1. The van der Waals surface area contributed by atoms with Crippen molar-refractivity contribution in [3.63, 3.8) is 0 Å². The maximum Gasteiger partial charge on any atom is 0.412 e. The van der Waals surface area contributed by atoms with Gasteiger partial charge in [0.05, 0.1) is 55.1 Å². The average Bonchev–Trinajstić information content (AvgIpc) is 3.86. The quantitative estimate of drug-likeness (QED) is 0.0647. The van der Waals surface area contributed by atoms with Crippen molar-refractivity contribution in [3.8, 4) is 11.5 Å². The number of anilines is 1. The molecule has 2 fully saturated rings. The molecule has 1 spiro atoms. The highest BCUT2D eigenvalue weighted by atomic mass is 28.4. The van der Waals surface area contributed by atoms with Gasteiger partial charge in [-0.05, 0) is 71.8 Å². The van der Waals surface area contributed by atoms with E-state index in [0.717, 1.165) is 19.3 Å². The second-order valence-electron chi connectivity index (χ2n) is 17.7. The standard InChI is InChI=1S/C45H66N4O10Si/c1-12-17-57-41(52)20-35(27(2)3)42(53)47-31(10)38(51)18-32-13-14-33(46-23-32)25-58-44(55)48-37-21-40(59-60(28(4)5,29(6)7)30(8)9)39(56-11)19-36(37)43(54)49-26-45(15-16-45)22-34(49)24-50/h12-14,19,21,23,27-31,34-35,50H,1,15-18,20,22,24-26H2,2-11H3,(H,47,53)(H,48,55)/t31-,34-,35-/m0/s1. The van der Waals surface area contributed by atoms with E-state index in [9.17, 15) is 29.1 Å². The van der Waals surface area contributed by atoms with Crippen LogP contribution in [0.3, 0.4) is 0 Å².